The van der Waals surface area contributed by atoms with E-state index in [4.69, 9.17) is 0 Å². The number of anilines is 2. The van der Waals surface area contributed by atoms with Gasteiger partial charge in [0.25, 0.3) is 11.8 Å². The summed E-state index contributed by atoms with van der Waals surface area (Å²) in [6.07, 6.45) is 3.85. The molecule has 2 amide bonds. The molecule has 2 heterocycles. The predicted molar refractivity (Wildman–Crippen MR) is 74.1 cm³/mol. The second-order valence-electron chi connectivity index (χ2n) is 5.02. The van der Waals surface area contributed by atoms with Gasteiger partial charge in [-0.2, -0.15) is 0 Å². The van der Waals surface area contributed by atoms with Crippen LogP contribution in [0.1, 0.15) is 19.8 Å². The van der Waals surface area contributed by atoms with Crippen LogP contribution in [0.3, 0.4) is 0 Å². The van der Waals surface area contributed by atoms with Gasteiger partial charge in [0, 0.05) is 30.4 Å². The van der Waals surface area contributed by atoms with Gasteiger partial charge in [-0.15, -0.1) is 0 Å². The van der Waals surface area contributed by atoms with Crippen molar-refractivity contribution in [3.63, 3.8) is 0 Å². The lowest BCUT2D eigenvalue weighted by Crippen LogP contribution is -2.30. The molecule has 2 aliphatic rings. The zero-order valence-corrected chi connectivity index (χ0v) is 10.9. The summed E-state index contributed by atoms with van der Waals surface area (Å²) < 4.78 is 0. The summed E-state index contributed by atoms with van der Waals surface area (Å²) in [7, 11) is 0. The summed E-state index contributed by atoms with van der Waals surface area (Å²) in [5, 5.41) is 0. The Kier molecular flexibility index (Phi) is 2.85. The highest BCUT2D eigenvalue weighted by atomic mass is 16.2. The van der Waals surface area contributed by atoms with Crippen molar-refractivity contribution in [3.8, 4) is 0 Å². The molecule has 19 heavy (non-hydrogen) atoms. The molecule has 2 aliphatic heterocycles. The molecule has 0 atom stereocenters. The Morgan fingerprint density at radius 2 is 1.53 bits per heavy atom. The van der Waals surface area contributed by atoms with Gasteiger partial charge < -0.3 is 4.90 Å². The van der Waals surface area contributed by atoms with Gasteiger partial charge in [0.05, 0.1) is 5.69 Å². The van der Waals surface area contributed by atoms with E-state index in [1.807, 2.05) is 24.3 Å². The highest BCUT2D eigenvalue weighted by molar-refractivity contribution is 6.30. The van der Waals surface area contributed by atoms with Crippen molar-refractivity contribution in [2.75, 3.05) is 22.9 Å². The number of carbonyl (C=O) groups is 2. The summed E-state index contributed by atoms with van der Waals surface area (Å²) in [4.78, 5) is 27.2. The summed E-state index contributed by atoms with van der Waals surface area (Å²) in [6, 6.07) is 7.65. The third-order valence-corrected chi connectivity index (χ3v) is 3.68. The molecule has 0 radical (unpaired) electrons. The molecule has 0 spiro atoms. The van der Waals surface area contributed by atoms with Crippen molar-refractivity contribution in [2.24, 2.45) is 0 Å². The van der Waals surface area contributed by atoms with Gasteiger partial charge in [0.2, 0.25) is 0 Å². The highest BCUT2D eigenvalue weighted by Crippen LogP contribution is 2.26. The molecule has 0 aliphatic carbocycles. The Morgan fingerprint density at radius 3 is 2.05 bits per heavy atom. The quantitative estimate of drug-likeness (QED) is 0.761. The molecule has 4 nitrogen and oxygen atoms in total. The first-order valence-electron chi connectivity index (χ1n) is 6.58. The maximum Gasteiger partial charge on any atom is 0.261 e. The lowest BCUT2D eigenvalue weighted by Gasteiger charge is -2.19. The third kappa shape index (κ3) is 2.03. The van der Waals surface area contributed by atoms with E-state index < -0.39 is 0 Å². The maximum absolute atomic E-state index is 11.9. The third-order valence-electron chi connectivity index (χ3n) is 3.68. The minimum atomic E-state index is -0.253. The molecule has 0 unspecified atom stereocenters. The standard InChI is InChI=1S/C15H16N2O2/c1-11-10-14(18)17(15(11)19)13-6-4-12(5-7-13)16-8-2-3-9-16/h4-7,10H,2-3,8-9H2,1H3. The maximum atomic E-state index is 11.9. The summed E-state index contributed by atoms with van der Waals surface area (Å²) in [5.41, 5.74) is 2.30. The van der Waals surface area contributed by atoms with Crippen LogP contribution in [-0.2, 0) is 9.59 Å². The minimum absolute atomic E-state index is 0.223. The number of hydrogen-bond donors (Lipinski definition) is 0. The highest BCUT2D eigenvalue weighted by Gasteiger charge is 2.29. The van der Waals surface area contributed by atoms with Crippen LogP contribution in [-0.4, -0.2) is 24.9 Å². The van der Waals surface area contributed by atoms with Crippen LogP contribution in [0.5, 0.6) is 0 Å². The van der Waals surface area contributed by atoms with E-state index in [9.17, 15) is 9.59 Å². The van der Waals surface area contributed by atoms with E-state index in [2.05, 4.69) is 4.90 Å². The number of imide groups is 1. The number of nitrogens with zero attached hydrogens (tertiary/aromatic N) is 2. The number of hydrogen-bond acceptors (Lipinski definition) is 3. The molecule has 0 saturated carbocycles. The molecular weight excluding hydrogens is 240 g/mol. The lowest BCUT2D eigenvalue weighted by molar-refractivity contribution is -0.120. The summed E-state index contributed by atoms with van der Waals surface area (Å²) in [5.74, 6) is -0.477. The first-order valence-corrected chi connectivity index (χ1v) is 6.58. The van der Waals surface area contributed by atoms with Crippen LogP contribution in [0.4, 0.5) is 11.4 Å². The molecule has 0 N–H and O–H groups in total. The minimum Gasteiger partial charge on any atom is -0.372 e. The number of amides is 2. The van der Waals surface area contributed by atoms with Crippen LogP contribution < -0.4 is 9.80 Å². The number of carbonyl (C=O) groups excluding carboxylic acids is 2. The number of rotatable bonds is 2. The van der Waals surface area contributed by atoms with Gasteiger partial charge in [0.1, 0.15) is 0 Å². The van der Waals surface area contributed by atoms with Gasteiger partial charge >= 0.3 is 0 Å². The van der Waals surface area contributed by atoms with E-state index in [-0.39, 0.29) is 11.8 Å². The predicted octanol–water partition coefficient (Wildman–Crippen LogP) is 2.11. The van der Waals surface area contributed by atoms with Crippen molar-refractivity contribution in [1.29, 1.82) is 0 Å². The summed E-state index contributed by atoms with van der Waals surface area (Å²) in [6.45, 7) is 3.84. The molecule has 1 saturated heterocycles. The van der Waals surface area contributed by atoms with E-state index in [1.54, 1.807) is 6.92 Å². The van der Waals surface area contributed by atoms with E-state index in [0.717, 1.165) is 18.8 Å². The van der Waals surface area contributed by atoms with Crippen molar-refractivity contribution in [1.82, 2.24) is 0 Å². The Morgan fingerprint density at radius 1 is 0.947 bits per heavy atom. The SMILES string of the molecule is CC1=CC(=O)N(c2ccc(N3CCCC3)cc2)C1=O. The fourth-order valence-corrected chi connectivity index (χ4v) is 2.62. The van der Waals surface area contributed by atoms with Crippen LogP contribution in [0.15, 0.2) is 35.9 Å². The number of benzene rings is 1. The lowest BCUT2D eigenvalue weighted by atomic mass is 10.2. The van der Waals surface area contributed by atoms with Crippen LogP contribution in [0, 0.1) is 0 Å². The van der Waals surface area contributed by atoms with Gasteiger partial charge in [0.15, 0.2) is 0 Å². The fourth-order valence-electron chi connectivity index (χ4n) is 2.62. The average Bonchev–Trinajstić information content (AvgIpc) is 3.00. The molecule has 1 aromatic rings. The molecule has 1 aromatic carbocycles. The second kappa shape index (κ2) is 4.53. The second-order valence-corrected chi connectivity index (χ2v) is 5.02. The van der Waals surface area contributed by atoms with Gasteiger partial charge in [-0.05, 0) is 44.0 Å². The van der Waals surface area contributed by atoms with Crippen LogP contribution in [0.2, 0.25) is 0 Å². The molecule has 3 rings (SSSR count). The molecule has 1 fully saturated rings. The van der Waals surface area contributed by atoms with Crippen molar-refractivity contribution in [3.05, 3.63) is 35.9 Å². The molecule has 0 bridgehead atoms. The smallest absolute Gasteiger partial charge is 0.261 e. The van der Waals surface area contributed by atoms with Gasteiger partial charge in [-0.25, -0.2) is 4.90 Å². The fraction of sp³-hybridized carbons (Fsp3) is 0.333. The zero-order chi connectivity index (χ0) is 13.4. The zero-order valence-electron chi connectivity index (χ0n) is 10.9. The van der Waals surface area contributed by atoms with E-state index in [1.165, 1.54) is 23.8 Å². The largest absolute Gasteiger partial charge is 0.372 e. The topological polar surface area (TPSA) is 40.6 Å². The molecule has 98 valence electrons. The Hall–Kier alpha value is -2.10. The van der Waals surface area contributed by atoms with E-state index >= 15 is 0 Å². The summed E-state index contributed by atoms with van der Waals surface area (Å²) >= 11 is 0. The first kappa shape index (κ1) is 12.0. The van der Waals surface area contributed by atoms with Crippen LogP contribution in [0.25, 0.3) is 0 Å². The monoisotopic (exact) mass is 256 g/mol. The molecular formula is C15H16N2O2. The van der Waals surface area contributed by atoms with Crippen molar-refractivity contribution < 1.29 is 9.59 Å². The van der Waals surface area contributed by atoms with Crippen molar-refractivity contribution in [2.45, 2.75) is 19.8 Å². The van der Waals surface area contributed by atoms with Gasteiger partial charge in [-0.3, -0.25) is 9.59 Å². The average molecular weight is 256 g/mol. The van der Waals surface area contributed by atoms with Crippen molar-refractivity contribution >= 4 is 23.2 Å². The van der Waals surface area contributed by atoms with Crippen LogP contribution >= 0.6 is 0 Å². The Bertz CT molecular complexity index is 554. The normalized spacial score (nSPS) is 19.3. The molecule has 4 heteroatoms. The molecule has 0 aromatic heterocycles. The Balaban J connectivity index is 1.83. The van der Waals surface area contributed by atoms with E-state index in [0.29, 0.717) is 11.3 Å². The van der Waals surface area contributed by atoms with Gasteiger partial charge in [-0.1, -0.05) is 0 Å². The first-order chi connectivity index (χ1) is 9.16. The Labute approximate surface area is 112 Å².